The lowest BCUT2D eigenvalue weighted by molar-refractivity contribution is 0.0664. The van der Waals surface area contributed by atoms with E-state index in [1.54, 1.807) is 0 Å². The normalized spacial score (nSPS) is 19.2. The van der Waals surface area contributed by atoms with Crippen LogP contribution in [0.5, 0.6) is 0 Å². The van der Waals surface area contributed by atoms with Crippen LogP contribution >= 0.6 is 0 Å². The largest absolute Gasteiger partial charge is 0.336 e. The van der Waals surface area contributed by atoms with E-state index in [9.17, 15) is 4.79 Å². The van der Waals surface area contributed by atoms with Crippen LogP contribution in [-0.2, 0) is 0 Å². The minimum Gasteiger partial charge on any atom is -0.336 e. The van der Waals surface area contributed by atoms with Crippen molar-refractivity contribution in [3.8, 4) is 0 Å². The summed E-state index contributed by atoms with van der Waals surface area (Å²) in [6, 6.07) is 0.0694. The molecule has 0 aromatic heterocycles. The third-order valence-corrected chi connectivity index (χ3v) is 3.37. The molecule has 0 saturated carbocycles. The summed E-state index contributed by atoms with van der Waals surface area (Å²) in [5.41, 5.74) is 0.0161. The molecule has 0 spiro atoms. The predicted octanol–water partition coefficient (Wildman–Crippen LogP) is 1.84. The molecule has 0 aromatic carbocycles. The molecule has 1 aliphatic heterocycles. The molecule has 13 heavy (non-hydrogen) atoms. The van der Waals surface area contributed by atoms with Gasteiger partial charge in [-0.3, -0.25) is 0 Å². The third kappa shape index (κ3) is 1.64. The van der Waals surface area contributed by atoms with Crippen molar-refractivity contribution in [3.05, 3.63) is 0 Å². The van der Waals surface area contributed by atoms with E-state index in [-0.39, 0.29) is 17.0 Å². The summed E-state index contributed by atoms with van der Waals surface area (Å²) >= 11 is 0. The van der Waals surface area contributed by atoms with Crippen molar-refractivity contribution in [3.63, 3.8) is 0 Å². The summed E-state index contributed by atoms with van der Waals surface area (Å²) in [6.07, 6.45) is 0. The van der Waals surface area contributed by atoms with Gasteiger partial charge in [0, 0.05) is 18.6 Å². The van der Waals surface area contributed by atoms with Crippen LogP contribution in [0.15, 0.2) is 0 Å². The van der Waals surface area contributed by atoms with Gasteiger partial charge in [-0.05, 0) is 19.3 Å². The summed E-state index contributed by atoms with van der Waals surface area (Å²) in [5.74, 6) is 0. The van der Waals surface area contributed by atoms with Gasteiger partial charge in [-0.2, -0.15) is 0 Å². The van der Waals surface area contributed by atoms with Gasteiger partial charge in [0.25, 0.3) is 0 Å². The number of nitrogens with one attached hydrogen (secondary N) is 1. The fraction of sp³-hybridized carbons (Fsp3) is 0.900. The standard InChI is InChI=1S/C10H20N2O/c1-9(2,3)10(4,5)12-7-6-11-8(12)13/h6-7H2,1-5H3,(H,11,13). The van der Waals surface area contributed by atoms with Gasteiger partial charge < -0.3 is 10.2 Å². The van der Waals surface area contributed by atoms with E-state index in [0.29, 0.717) is 0 Å². The molecule has 3 nitrogen and oxygen atoms in total. The van der Waals surface area contributed by atoms with E-state index in [0.717, 1.165) is 13.1 Å². The molecular weight excluding hydrogens is 164 g/mol. The zero-order chi connectivity index (χ0) is 10.3. The number of hydrogen-bond acceptors (Lipinski definition) is 1. The van der Waals surface area contributed by atoms with Gasteiger partial charge in [0.1, 0.15) is 0 Å². The number of amides is 2. The first-order chi connectivity index (χ1) is 5.77. The molecule has 1 fully saturated rings. The first-order valence-corrected chi connectivity index (χ1v) is 4.82. The second kappa shape index (κ2) is 2.89. The molecule has 3 heteroatoms. The summed E-state index contributed by atoms with van der Waals surface area (Å²) in [5, 5.41) is 2.83. The summed E-state index contributed by atoms with van der Waals surface area (Å²) in [4.78, 5) is 13.4. The molecular formula is C10H20N2O. The van der Waals surface area contributed by atoms with Crippen molar-refractivity contribution >= 4 is 6.03 Å². The fourth-order valence-electron chi connectivity index (χ4n) is 1.41. The highest BCUT2D eigenvalue weighted by Gasteiger charge is 2.42. The predicted molar refractivity (Wildman–Crippen MR) is 53.6 cm³/mol. The SMILES string of the molecule is CC(C)(C)C(C)(C)N1CCNC1=O. The quantitative estimate of drug-likeness (QED) is 0.662. The minimum absolute atomic E-state index is 0.0694. The molecule has 2 amide bonds. The highest BCUT2D eigenvalue weighted by molar-refractivity contribution is 5.77. The van der Waals surface area contributed by atoms with Crippen molar-refractivity contribution < 1.29 is 4.79 Å². The Kier molecular flexibility index (Phi) is 2.30. The number of carbonyl (C=O) groups is 1. The summed E-state index contributed by atoms with van der Waals surface area (Å²) in [7, 11) is 0. The van der Waals surface area contributed by atoms with Crippen LogP contribution in [0.25, 0.3) is 0 Å². The Morgan fingerprint density at radius 3 is 2.08 bits per heavy atom. The van der Waals surface area contributed by atoms with E-state index in [1.165, 1.54) is 0 Å². The molecule has 0 aliphatic carbocycles. The van der Waals surface area contributed by atoms with Gasteiger partial charge >= 0.3 is 6.03 Å². The molecule has 1 N–H and O–H groups in total. The van der Waals surface area contributed by atoms with E-state index >= 15 is 0 Å². The molecule has 0 aromatic rings. The Bertz CT molecular complexity index is 215. The fourth-order valence-corrected chi connectivity index (χ4v) is 1.41. The van der Waals surface area contributed by atoms with Crippen molar-refractivity contribution in [2.75, 3.05) is 13.1 Å². The number of carbonyl (C=O) groups excluding carboxylic acids is 1. The van der Waals surface area contributed by atoms with Crippen molar-refractivity contribution in [1.82, 2.24) is 10.2 Å². The monoisotopic (exact) mass is 184 g/mol. The molecule has 1 heterocycles. The highest BCUT2D eigenvalue weighted by Crippen LogP contribution is 2.35. The maximum atomic E-state index is 11.5. The number of nitrogens with zero attached hydrogens (tertiary/aromatic N) is 1. The maximum Gasteiger partial charge on any atom is 0.317 e. The first kappa shape index (κ1) is 10.4. The lowest BCUT2D eigenvalue weighted by atomic mass is 9.75. The maximum absolute atomic E-state index is 11.5. The van der Waals surface area contributed by atoms with Crippen LogP contribution in [0.2, 0.25) is 0 Å². The smallest absolute Gasteiger partial charge is 0.317 e. The molecule has 0 atom stereocenters. The number of hydrogen-bond donors (Lipinski definition) is 1. The van der Waals surface area contributed by atoms with E-state index in [2.05, 4.69) is 39.9 Å². The molecule has 0 unspecified atom stereocenters. The van der Waals surface area contributed by atoms with Crippen molar-refractivity contribution in [2.45, 2.75) is 40.2 Å². The molecule has 1 rings (SSSR count). The second-order valence-electron chi connectivity index (χ2n) is 5.19. The Hall–Kier alpha value is -0.730. The second-order valence-corrected chi connectivity index (χ2v) is 5.19. The van der Waals surface area contributed by atoms with Crippen LogP contribution in [-0.4, -0.2) is 29.6 Å². The van der Waals surface area contributed by atoms with E-state index in [4.69, 9.17) is 0 Å². The van der Waals surface area contributed by atoms with Gasteiger partial charge in [0.15, 0.2) is 0 Å². The number of rotatable bonds is 1. The van der Waals surface area contributed by atoms with Gasteiger partial charge in [-0.15, -0.1) is 0 Å². The lowest BCUT2D eigenvalue weighted by Crippen LogP contribution is -2.53. The van der Waals surface area contributed by atoms with Crippen molar-refractivity contribution in [1.29, 1.82) is 0 Å². The zero-order valence-corrected chi connectivity index (χ0v) is 9.27. The minimum atomic E-state index is -0.0897. The highest BCUT2D eigenvalue weighted by atomic mass is 16.2. The topological polar surface area (TPSA) is 32.3 Å². The van der Waals surface area contributed by atoms with E-state index in [1.807, 2.05) is 4.90 Å². The molecule has 1 aliphatic rings. The third-order valence-electron chi connectivity index (χ3n) is 3.37. The van der Waals surface area contributed by atoms with Crippen LogP contribution in [0.4, 0.5) is 4.79 Å². The summed E-state index contributed by atoms with van der Waals surface area (Å²) in [6.45, 7) is 12.3. The van der Waals surface area contributed by atoms with Gasteiger partial charge in [0.2, 0.25) is 0 Å². The van der Waals surface area contributed by atoms with Gasteiger partial charge in [-0.25, -0.2) is 4.79 Å². The van der Waals surface area contributed by atoms with E-state index < -0.39 is 0 Å². The number of urea groups is 1. The Balaban J connectivity index is 2.86. The van der Waals surface area contributed by atoms with Crippen LogP contribution in [0.3, 0.4) is 0 Å². The van der Waals surface area contributed by atoms with Crippen LogP contribution < -0.4 is 5.32 Å². The average Bonchev–Trinajstić information content (AvgIpc) is 2.32. The zero-order valence-electron chi connectivity index (χ0n) is 9.27. The molecule has 0 radical (unpaired) electrons. The van der Waals surface area contributed by atoms with Crippen LogP contribution in [0.1, 0.15) is 34.6 Å². The molecule has 0 bridgehead atoms. The van der Waals surface area contributed by atoms with Gasteiger partial charge in [-0.1, -0.05) is 20.8 Å². The lowest BCUT2D eigenvalue weighted by Gasteiger charge is -2.45. The Morgan fingerprint density at radius 1 is 1.23 bits per heavy atom. The van der Waals surface area contributed by atoms with Crippen molar-refractivity contribution in [2.24, 2.45) is 5.41 Å². The molecule has 76 valence electrons. The Labute approximate surface area is 80.5 Å². The first-order valence-electron chi connectivity index (χ1n) is 4.82. The molecule has 1 saturated heterocycles. The Morgan fingerprint density at radius 2 is 1.77 bits per heavy atom. The van der Waals surface area contributed by atoms with Crippen LogP contribution in [0, 0.1) is 5.41 Å². The summed E-state index contributed by atoms with van der Waals surface area (Å²) < 4.78 is 0. The average molecular weight is 184 g/mol. The van der Waals surface area contributed by atoms with Gasteiger partial charge in [0.05, 0.1) is 0 Å².